The van der Waals surface area contributed by atoms with Crippen LogP contribution in [0.5, 0.6) is 0 Å². The first-order chi connectivity index (χ1) is 13.7. The Balaban J connectivity index is 1.37. The van der Waals surface area contributed by atoms with Crippen LogP contribution in [0.15, 0.2) is 52.9 Å². The summed E-state index contributed by atoms with van der Waals surface area (Å²) in [7, 11) is 0. The number of halogens is 1. The lowest BCUT2D eigenvalue weighted by atomic mass is 9.77. The molecule has 4 heteroatoms. The predicted molar refractivity (Wildman–Crippen MR) is 114 cm³/mol. The minimum Gasteiger partial charge on any atom is -0.371 e. The SMILES string of the molecule is FC1=C/C/C=C(/C#Cc2ccc(N3CCC4(CCCC4)CC3)cc2)NC/N=C\1. The molecular weight excluding hydrogens is 349 g/mol. The van der Waals surface area contributed by atoms with E-state index in [-0.39, 0.29) is 5.83 Å². The lowest BCUT2D eigenvalue weighted by Gasteiger charge is -2.40. The lowest BCUT2D eigenvalue weighted by molar-refractivity contribution is 0.226. The van der Waals surface area contributed by atoms with Gasteiger partial charge in [0.25, 0.3) is 0 Å². The summed E-state index contributed by atoms with van der Waals surface area (Å²) in [5.41, 5.74) is 3.72. The van der Waals surface area contributed by atoms with Gasteiger partial charge in [-0.1, -0.05) is 18.8 Å². The van der Waals surface area contributed by atoms with Crippen molar-refractivity contribution in [2.24, 2.45) is 10.4 Å². The summed E-state index contributed by atoms with van der Waals surface area (Å²) in [6.07, 6.45) is 13.5. The zero-order chi connectivity index (χ0) is 19.2. The summed E-state index contributed by atoms with van der Waals surface area (Å²) >= 11 is 0. The minimum absolute atomic E-state index is 0.306. The van der Waals surface area contributed by atoms with Gasteiger partial charge in [0.05, 0.1) is 11.9 Å². The van der Waals surface area contributed by atoms with Crippen molar-refractivity contribution in [3.05, 3.63) is 53.5 Å². The lowest BCUT2D eigenvalue weighted by Crippen LogP contribution is -2.38. The molecule has 3 nitrogen and oxygen atoms in total. The highest BCUT2D eigenvalue weighted by molar-refractivity contribution is 5.75. The van der Waals surface area contributed by atoms with E-state index in [2.05, 4.69) is 51.3 Å². The molecule has 0 atom stereocenters. The summed E-state index contributed by atoms with van der Waals surface area (Å²) in [4.78, 5) is 6.49. The molecule has 1 saturated heterocycles. The summed E-state index contributed by atoms with van der Waals surface area (Å²) in [6.45, 7) is 2.68. The molecule has 1 saturated carbocycles. The van der Waals surface area contributed by atoms with E-state index in [1.165, 1.54) is 69.6 Å². The quantitative estimate of drug-likeness (QED) is 0.701. The number of nitrogens with one attached hydrogen (secondary N) is 1. The van der Waals surface area contributed by atoms with Gasteiger partial charge in [-0.2, -0.15) is 0 Å². The van der Waals surface area contributed by atoms with Gasteiger partial charge in [0.15, 0.2) is 0 Å². The third kappa shape index (κ3) is 4.65. The number of hydrogen-bond donors (Lipinski definition) is 1. The van der Waals surface area contributed by atoms with Crippen LogP contribution in [0.2, 0.25) is 0 Å². The van der Waals surface area contributed by atoms with Gasteiger partial charge in [-0.3, -0.25) is 4.99 Å². The van der Waals surface area contributed by atoms with Crippen LogP contribution in [0.25, 0.3) is 0 Å². The van der Waals surface area contributed by atoms with Crippen LogP contribution < -0.4 is 10.2 Å². The number of piperidine rings is 1. The first-order valence-electron chi connectivity index (χ1n) is 10.4. The standard InChI is InChI=1S/C24H28FN3/c25-21-4-3-5-22(27-19-26-18-21)9-6-20-7-10-23(11-8-20)28-16-14-24(15-17-28)12-1-2-13-24/h4-5,7-8,10-11,18,27H,1-3,12-17,19H2/b21-4+,22-5-,26-18-. The molecule has 0 bridgehead atoms. The molecular formula is C24H28FN3. The molecule has 1 aliphatic carbocycles. The molecule has 28 heavy (non-hydrogen) atoms. The van der Waals surface area contributed by atoms with E-state index >= 15 is 0 Å². The van der Waals surface area contributed by atoms with Gasteiger partial charge >= 0.3 is 0 Å². The number of benzene rings is 1. The first-order valence-corrected chi connectivity index (χ1v) is 10.4. The number of anilines is 1. The van der Waals surface area contributed by atoms with Crippen LogP contribution in [0.3, 0.4) is 0 Å². The van der Waals surface area contributed by atoms with Gasteiger partial charge < -0.3 is 10.2 Å². The van der Waals surface area contributed by atoms with Crippen LogP contribution in [-0.4, -0.2) is 26.0 Å². The van der Waals surface area contributed by atoms with Crippen LogP contribution in [0.1, 0.15) is 50.5 Å². The molecule has 2 aliphatic heterocycles. The minimum atomic E-state index is -0.306. The second-order valence-electron chi connectivity index (χ2n) is 8.08. The number of rotatable bonds is 1. The van der Waals surface area contributed by atoms with Crippen molar-refractivity contribution < 1.29 is 4.39 Å². The number of allylic oxidation sites excluding steroid dienone is 4. The van der Waals surface area contributed by atoms with Crippen LogP contribution in [0.4, 0.5) is 10.1 Å². The topological polar surface area (TPSA) is 27.6 Å². The van der Waals surface area contributed by atoms with E-state index in [0.717, 1.165) is 11.3 Å². The molecule has 3 aliphatic rings. The number of nitrogens with zero attached hydrogens (tertiary/aromatic N) is 2. The summed E-state index contributed by atoms with van der Waals surface area (Å²) in [5.74, 6) is 6.03. The van der Waals surface area contributed by atoms with Gasteiger partial charge in [-0.25, -0.2) is 4.39 Å². The fraction of sp³-hybridized carbons (Fsp3) is 0.458. The van der Waals surface area contributed by atoms with Crippen molar-refractivity contribution in [1.29, 1.82) is 0 Å². The van der Waals surface area contributed by atoms with E-state index in [4.69, 9.17) is 0 Å². The van der Waals surface area contributed by atoms with Crippen LogP contribution in [-0.2, 0) is 0 Å². The molecule has 4 rings (SSSR count). The average Bonchev–Trinajstić information content (AvgIpc) is 3.20. The third-order valence-corrected chi connectivity index (χ3v) is 6.27. The zero-order valence-corrected chi connectivity index (χ0v) is 16.4. The molecule has 1 N–H and O–H groups in total. The van der Waals surface area contributed by atoms with Crippen molar-refractivity contribution in [2.75, 3.05) is 24.7 Å². The molecule has 1 aromatic rings. The van der Waals surface area contributed by atoms with Gasteiger partial charge in [0, 0.05) is 24.3 Å². The summed E-state index contributed by atoms with van der Waals surface area (Å²) < 4.78 is 13.3. The molecule has 0 amide bonds. The van der Waals surface area contributed by atoms with E-state index in [9.17, 15) is 4.39 Å². The largest absolute Gasteiger partial charge is 0.371 e. The molecule has 2 fully saturated rings. The molecule has 1 spiro atoms. The predicted octanol–water partition coefficient (Wildman–Crippen LogP) is 4.96. The Labute approximate surface area is 167 Å². The Morgan fingerprint density at radius 1 is 0.964 bits per heavy atom. The average molecular weight is 378 g/mol. The van der Waals surface area contributed by atoms with Crippen LogP contribution in [0, 0.1) is 17.3 Å². The van der Waals surface area contributed by atoms with E-state index in [1.807, 2.05) is 6.08 Å². The van der Waals surface area contributed by atoms with E-state index < -0.39 is 0 Å². The molecule has 0 radical (unpaired) electrons. The highest BCUT2D eigenvalue weighted by Gasteiger charge is 2.36. The van der Waals surface area contributed by atoms with Crippen molar-refractivity contribution in [3.8, 4) is 11.8 Å². The first kappa shape index (κ1) is 18.8. The fourth-order valence-corrected chi connectivity index (χ4v) is 4.53. The van der Waals surface area contributed by atoms with Crippen LogP contribution >= 0.6 is 0 Å². The van der Waals surface area contributed by atoms with Gasteiger partial charge in [0.2, 0.25) is 0 Å². The molecule has 0 unspecified atom stereocenters. The maximum Gasteiger partial charge on any atom is 0.137 e. The Morgan fingerprint density at radius 2 is 1.71 bits per heavy atom. The van der Waals surface area contributed by atoms with Crippen molar-refractivity contribution >= 4 is 11.9 Å². The Hall–Kier alpha value is -2.54. The summed E-state index contributed by atoms with van der Waals surface area (Å²) in [6, 6.07) is 8.56. The monoisotopic (exact) mass is 377 g/mol. The smallest absolute Gasteiger partial charge is 0.137 e. The molecule has 2 heterocycles. The molecule has 146 valence electrons. The maximum atomic E-state index is 13.3. The number of hydrogen-bond acceptors (Lipinski definition) is 3. The zero-order valence-electron chi connectivity index (χ0n) is 16.4. The van der Waals surface area contributed by atoms with Gasteiger partial charge in [-0.15, -0.1) is 0 Å². The Kier molecular flexibility index (Phi) is 5.81. The Bertz CT molecular complexity index is 823. The maximum absolute atomic E-state index is 13.3. The number of aliphatic imine (C=N–C) groups is 1. The Morgan fingerprint density at radius 3 is 2.46 bits per heavy atom. The van der Waals surface area contributed by atoms with Gasteiger partial charge in [0.1, 0.15) is 12.5 Å². The second-order valence-corrected chi connectivity index (χ2v) is 8.08. The highest BCUT2D eigenvalue weighted by atomic mass is 19.1. The molecule has 1 aromatic carbocycles. The van der Waals surface area contributed by atoms with Crippen molar-refractivity contribution in [2.45, 2.75) is 44.9 Å². The van der Waals surface area contributed by atoms with Crippen molar-refractivity contribution in [1.82, 2.24) is 5.32 Å². The third-order valence-electron chi connectivity index (χ3n) is 6.27. The van der Waals surface area contributed by atoms with E-state index in [1.54, 1.807) is 0 Å². The fourth-order valence-electron chi connectivity index (χ4n) is 4.53. The summed E-state index contributed by atoms with van der Waals surface area (Å²) in [5, 5.41) is 3.12. The van der Waals surface area contributed by atoms with Crippen molar-refractivity contribution in [3.63, 3.8) is 0 Å². The molecule has 0 aromatic heterocycles. The normalized spacial score (nSPS) is 26.4. The van der Waals surface area contributed by atoms with Gasteiger partial charge in [-0.05, 0) is 79.9 Å². The van der Waals surface area contributed by atoms with E-state index in [0.29, 0.717) is 18.5 Å². The highest BCUT2D eigenvalue weighted by Crippen LogP contribution is 2.46. The second kappa shape index (κ2) is 8.65.